The Morgan fingerprint density at radius 2 is 0.692 bits per heavy atom. The molecule has 26 heavy (non-hydrogen) atoms. The molecule has 0 bridgehead atoms. The Bertz CT molecular complexity index is 287. The highest BCUT2D eigenvalue weighted by molar-refractivity contribution is 6.77. The first-order valence-corrected chi connectivity index (χ1v) is 20.7. The highest BCUT2D eigenvalue weighted by atomic mass is 28.3. The second kappa shape index (κ2) is 17.7. The van der Waals surface area contributed by atoms with Crippen molar-refractivity contribution in [2.75, 3.05) is 0 Å². The maximum Gasteiger partial charge on any atom is 0.0473 e. The summed E-state index contributed by atoms with van der Waals surface area (Å²) in [7, 11) is -0.811. The molecular formula is C23H52Si3. The fourth-order valence-corrected chi connectivity index (χ4v) is 8.46. The Kier molecular flexibility index (Phi) is 18.2. The number of rotatable bonds is 19. The molecule has 0 atom stereocenters. The van der Waals surface area contributed by atoms with Gasteiger partial charge in [-0.1, -0.05) is 147 Å². The minimum absolute atomic E-state index is 0.0317. The third kappa shape index (κ3) is 21.0. The third-order valence-electron chi connectivity index (χ3n) is 5.81. The van der Waals surface area contributed by atoms with Crippen LogP contribution in [0.1, 0.15) is 83.5 Å². The zero-order valence-corrected chi connectivity index (χ0v) is 22.5. The highest BCUT2D eigenvalue weighted by Gasteiger charge is 2.18. The van der Waals surface area contributed by atoms with Crippen LogP contribution in [0.2, 0.25) is 63.5 Å². The van der Waals surface area contributed by atoms with Crippen molar-refractivity contribution in [1.29, 1.82) is 0 Å². The zero-order valence-electron chi connectivity index (χ0n) is 19.5. The van der Waals surface area contributed by atoms with Crippen LogP contribution >= 0.6 is 0 Å². The Morgan fingerprint density at radius 3 is 1.00 bits per heavy atom. The van der Waals surface area contributed by atoms with E-state index in [0.717, 1.165) is 0 Å². The van der Waals surface area contributed by atoms with Gasteiger partial charge in [0.1, 0.15) is 0 Å². The van der Waals surface area contributed by atoms with Crippen molar-refractivity contribution in [3.8, 4) is 0 Å². The molecule has 0 aromatic carbocycles. The Hall–Kier alpha value is 0.651. The van der Waals surface area contributed by atoms with E-state index in [-0.39, 0.29) is 17.6 Å². The molecule has 0 aromatic rings. The van der Waals surface area contributed by atoms with Crippen LogP contribution in [0.15, 0.2) is 0 Å². The van der Waals surface area contributed by atoms with Gasteiger partial charge in [-0.25, -0.2) is 0 Å². The van der Waals surface area contributed by atoms with E-state index < -0.39 is 8.07 Å². The summed E-state index contributed by atoms with van der Waals surface area (Å²) in [5.41, 5.74) is 0. The lowest BCUT2D eigenvalue weighted by molar-refractivity contribution is 0.582. The summed E-state index contributed by atoms with van der Waals surface area (Å²) >= 11 is 0. The first kappa shape index (κ1) is 26.7. The summed E-state index contributed by atoms with van der Waals surface area (Å²) in [5.74, 6) is 0. The number of hydrogen-bond donors (Lipinski definition) is 0. The van der Waals surface area contributed by atoms with Gasteiger partial charge >= 0.3 is 0 Å². The average molecular weight is 413 g/mol. The third-order valence-corrected chi connectivity index (χ3v) is 11.9. The predicted octanol–water partition coefficient (Wildman–Crippen LogP) is 9.27. The first-order valence-electron chi connectivity index (χ1n) is 11.9. The van der Waals surface area contributed by atoms with Gasteiger partial charge in [0.25, 0.3) is 0 Å². The molecule has 156 valence electrons. The van der Waals surface area contributed by atoms with Gasteiger partial charge in [0.2, 0.25) is 0 Å². The second-order valence-corrected chi connectivity index (χ2v) is 21.3. The molecule has 0 unspecified atom stereocenters. The maximum atomic E-state index is 2.65. The molecule has 0 nitrogen and oxygen atoms in total. The van der Waals surface area contributed by atoms with Crippen LogP contribution in [0, 0.1) is 0 Å². The standard InChI is InChI=1S/C23H52Si3/c1-24(2)20-16-12-9-7-8-10-14-18-22-26(5,6)23-19-15-11-13-17-21-25(3)4/h7-23H2,1-6H3. The van der Waals surface area contributed by atoms with Gasteiger partial charge in [0, 0.05) is 25.7 Å². The Labute approximate surface area is 172 Å². The van der Waals surface area contributed by atoms with Crippen LogP contribution in [0.4, 0.5) is 0 Å². The van der Waals surface area contributed by atoms with Crippen molar-refractivity contribution in [3.05, 3.63) is 0 Å². The molecule has 0 heterocycles. The maximum absolute atomic E-state index is 2.65. The van der Waals surface area contributed by atoms with Crippen molar-refractivity contribution in [3.63, 3.8) is 0 Å². The van der Waals surface area contributed by atoms with Crippen molar-refractivity contribution in [2.24, 2.45) is 0 Å². The molecule has 0 aliphatic carbocycles. The molecule has 0 saturated carbocycles. The monoisotopic (exact) mass is 412 g/mol. The Balaban J connectivity index is 3.36. The van der Waals surface area contributed by atoms with Gasteiger partial charge < -0.3 is 0 Å². The molecule has 0 aliphatic rings. The van der Waals surface area contributed by atoms with E-state index in [0.29, 0.717) is 0 Å². The molecule has 3 heteroatoms. The van der Waals surface area contributed by atoms with E-state index in [2.05, 4.69) is 39.3 Å². The van der Waals surface area contributed by atoms with E-state index in [4.69, 9.17) is 0 Å². The zero-order chi connectivity index (χ0) is 19.7. The van der Waals surface area contributed by atoms with Crippen LogP contribution in [-0.2, 0) is 0 Å². The van der Waals surface area contributed by atoms with E-state index in [1.807, 2.05) is 0 Å². The van der Waals surface area contributed by atoms with E-state index in [1.165, 1.54) is 95.6 Å². The highest BCUT2D eigenvalue weighted by Crippen LogP contribution is 2.23. The summed E-state index contributed by atoms with van der Waals surface area (Å²) < 4.78 is 0. The minimum Gasteiger partial charge on any atom is -0.0713 e. The topological polar surface area (TPSA) is 0 Å². The van der Waals surface area contributed by atoms with Crippen LogP contribution in [0.25, 0.3) is 0 Å². The van der Waals surface area contributed by atoms with Gasteiger partial charge in [-0.05, 0) is 0 Å². The average Bonchev–Trinajstić information content (AvgIpc) is 2.55. The SMILES string of the molecule is C[Si](C)CCCCCCCCCC[Si](C)(C)CCCCCCC[Si](C)C. The van der Waals surface area contributed by atoms with Crippen molar-refractivity contribution in [2.45, 2.75) is 147 Å². The molecule has 0 N–H and O–H groups in total. The van der Waals surface area contributed by atoms with Crippen molar-refractivity contribution >= 4 is 25.7 Å². The lowest BCUT2D eigenvalue weighted by Gasteiger charge is -2.22. The molecule has 0 aromatic heterocycles. The summed E-state index contributed by atoms with van der Waals surface area (Å²) in [6, 6.07) is 6.23. The van der Waals surface area contributed by atoms with Crippen LogP contribution in [0.3, 0.4) is 0 Å². The number of unbranched alkanes of at least 4 members (excludes halogenated alkanes) is 11. The van der Waals surface area contributed by atoms with E-state index in [1.54, 1.807) is 12.1 Å². The van der Waals surface area contributed by atoms with Crippen molar-refractivity contribution in [1.82, 2.24) is 0 Å². The second-order valence-electron chi connectivity index (χ2n) is 10.2. The molecule has 0 saturated heterocycles. The van der Waals surface area contributed by atoms with Crippen LogP contribution < -0.4 is 0 Å². The van der Waals surface area contributed by atoms with Crippen LogP contribution in [-0.4, -0.2) is 25.7 Å². The van der Waals surface area contributed by atoms with E-state index >= 15 is 0 Å². The lowest BCUT2D eigenvalue weighted by atomic mass is 10.1. The van der Waals surface area contributed by atoms with Gasteiger partial charge in [-0.15, -0.1) is 0 Å². The quantitative estimate of drug-likeness (QED) is 0.146. The summed E-state index contributed by atoms with van der Waals surface area (Å²) in [5, 5.41) is 0. The molecule has 0 aliphatic heterocycles. The fraction of sp³-hybridized carbons (Fsp3) is 1.00. The normalized spacial score (nSPS) is 12.5. The van der Waals surface area contributed by atoms with Gasteiger partial charge in [-0.3, -0.25) is 0 Å². The van der Waals surface area contributed by atoms with Gasteiger partial charge in [-0.2, -0.15) is 0 Å². The minimum atomic E-state index is -0.879. The smallest absolute Gasteiger partial charge is 0.0473 e. The molecule has 0 amide bonds. The largest absolute Gasteiger partial charge is 0.0713 e. The molecular weight excluding hydrogens is 361 g/mol. The number of hydrogen-bond acceptors (Lipinski definition) is 0. The Morgan fingerprint density at radius 1 is 0.423 bits per heavy atom. The summed E-state index contributed by atoms with van der Waals surface area (Å²) in [4.78, 5) is 0. The summed E-state index contributed by atoms with van der Waals surface area (Å²) in [6.45, 7) is 15.1. The molecule has 0 rings (SSSR count). The van der Waals surface area contributed by atoms with Crippen molar-refractivity contribution < 1.29 is 0 Å². The fourth-order valence-electron chi connectivity index (χ4n) is 3.88. The predicted molar refractivity (Wildman–Crippen MR) is 132 cm³/mol. The summed E-state index contributed by atoms with van der Waals surface area (Å²) in [6.07, 6.45) is 19.5. The van der Waals surface area contributed by atoms with Gasteiger partial charge in [0.05, 0.1) is 0 Å². The molecule has 2 radical (unpaired) electrons. The van der Waals surface area contributed by atoms with Gasteiger partial charge in [0.15, 0.2) is 0 Å². The lowest BCUT2D eigenvalue weighted by Crippen LogP contribution is -2.24. The molecule has 0 spiro atoms. The first-order chi connectivity index (χ1) is 12.3. The van der Waals surface area contributed by atoms with Crippen LogP contribution in [0.5, 0.6) is 0 Å². The van der Waals surface area contributed by atoms with E-state index in [9.17, 15) is 0 Å². The molecule has 0 fully saturated rings.